The van der Waals surface area contributed by atoms with Gasteiger partial charge in [0.05, 0.1) is 39.8 Å². The van der Waals surface area contributed by atoms with Crippen molar-refractivity contribution >= 4 is 0 Å². The number of aliphatic hydroxyl groups excluding tert-OH is 1. The molecule has 18 heavy (non-hydrogen) atoms. The zero-order chi connectivity index (χ0) is 12.9. The van der Waals surface area contributed by atoms with E-state index in [0.29, 0.717) is 0 Å². The van der Waals surface area contributed by atoms with Gasteiger partial charge < -0.3 is 38.5 Å². The van der Waals surface area contributed by atoms with Gasteiger partial charge in [-0.1, -0.05) is 0 Å². The van der Waals surface area contributed by atoms with Gasteiger partial charge in [-0.15, -0.1) is 0 Å². The maximum atomic E-state index is 9.00. The second-order valence-electron chi connectivity index (χ2n) is 4.68. The Kier molecular flexibility index (Phi) is 7.22. The summed E-state index contributed by atoms with van der Waals surface area (Å²) in [4.78, 5) is 2.08. The van der Waals surface area contributed by atoms with Crippen molar-refractivity contribution in [2.45, 2.75) is 6.92 Å². The van der Waals surface area contributed by atoms with E-state index in [1.807, 2.05) is 19.1 Å². The Balaban J connectivity index is 0.00000289. The van der Waals surface area contributed by atoms with E-state index in [0.717, 1.165) is 42.9 Å². The number of halogens is 1. The maximum Gasteiger partial charge on any atom is 0.148 e. The van der Waals surface area contributed by atoms with Crippen molar-refractivity contribution in [3.8, 4) is 12.1 Å². The van der Waals surface area contributed by atoms with E-state index in [-0.39, 0.29) is 36.2 Å². The van der Waals surface area contributed by atoms with Crippen LogP contribution in [0.1, 0.15) is 6.92 Å². The van der Waals surface area contributed by atoms with E-state index in [9.17, 15) is 0 Å². The molecular formula is C12H19IN4O. The summed E-state index contributed by atoms with van der Waals surface area (Å²) in [7, 11) is 2.13. The molecule has 6 heteroatoms. The second-order valence-corrected chi connectivity index (χ2v) is 4.68. The number of allylic oxidation sites excluding steroid dienone is 2. The molecule has 5 nitrogen and oxygen atoms in total. The first-order chi connectivity index (χ1) is 8.06. The highest BCUT2D eigenvalue weighted by atomic mass is 127. The average Bonchev–Trinajstić information content (AvgIpc) is 2.31. The van der Waals surface area contributed by atoms with Gasteiger partial charge in [0.25, 0.3) is 0 Å². The fourth-order valence-electron chi connectivity index (χ4n) is 2.09. The molecule has 0 aliphatic carbocycles. The standard InChI is InChI=1S/C12H19N4O.HI/c1-11(12(9-13)10-14)15-3-5-16(2,6-4-15)7-8-17;/h17H,3-8H2,1-2H3;1H/q+1;/p-1. The Morgan fingerprint density at radius 1 is 1.28 bits per heavy atom. The molecule has 0 atom stereocenters. The van der Waals surface area contributed by atoms with Gasteiger partial charge in [-0.05, 0) is 6.92 Å². The highest BCUT2D eigenvalue weighted by Crippen LogP contribution is 2.16. The molecule has 0 aromatic heterocycles. The van der Waals surface area contributed by atoms with Gasteiger partial charge in [-0.25, -0.2) is 0 Å². The summed E-state index contributed by atoms with van der Waals surface area (Å²) < 4.78 is 0.856. The molecule has 1 N–H and O–H groups in total. The molecule has 1 fully saturated rings. The number of piperazine rings is 1. The molecule has 0 unspecified atom stereocenters. The van der Waals surface area contributed by atoms with Crippen LogP contribution in [0.2, 0.25) is 0 Å². The Hall–Kier alpha value is -0.830. The molecule has 1 saturated heterocycles. The monoisotopic (exact) mass is 362 g/mol. The topological polar surface area (TPSA) is 71.0 Å². The fraction of sp³-hybridized carbons (Fsp3) is 0.667. The average molecular weight is 362 g/mol. The van der Waals surface area contributed by atoms with Crippen LogP contribution >= 0.6 is 0 Å². The first-order valence-corrected chi connectivity index (χ1v) is 5.77. The van der Waals surface area contributed by atoms with Crippen molar-refractivity contribution in [2.75, 3.05) is 46.4 Å². The number of likely N-dealkylation sites (N-methyl/N-ethyl adjacent to an activating group) is 1. The maximum absolute atomic E-state index is 9.00. The van der Waals surface area contributed by atoms with Crippen LogP contribution in [0.3, 0.4) is 0 Å². The third-order valence-electron chi connectivity index (χ3n) is 3.52. The third kappa shape index (κ3) is 4.13. The predicted octanol–water partition coefficient (Wildman–Crippen LogP) is -2.93. The lowest BCUT2D eigenvalue weighted by atomic mass is 10.2. The Morgan fingerprint density at radius 3 is 2.17 bits per heavy atom. The summed E-state index contributed by atoms with van der Waals surface area (Å²) in [6.45, 7) is 6.31. The first-order valence-electron chi connectivity index (χ1n) is 5.77. The fourth-order valence-corrected chi connectivity index (χ4v) is 2.09. The SMILES string of the molecule is CC(=C(C#N)C#N)N1CC[N+](C)(CCO)CC1.[I-]. The van der Waals surface area contributed by atoms with Gasteiger partial charge in [-0.3, -0.25) is 0 Å². The summed E-state index contributed by atoms with van der Waals surface area (Å²) in [5.41, 5.74) is 0.966. The number of hydrogen-bond acceptors (Lipinski definition) is 4. The molecule has 1 rings (SSSR count). The molecule has 0 spiro atoms. The molecule has 0 bridgehead atoms. The Bertz CT molecular complexity index is 370. The van der Waals surface area contributed by atoms with Crippen LogP contribution < -0.4 is 24.0 Å². The summed E-state index contributed by atoms with van der Waals surface area (Å²) in [5.74, 6) is 0. The van der Waals surface area contributed by atoms with Gasteiger partial charge in [0, 0.05) is 5.70 Å². The van der Waals surface area contributed by atoms with Crippen molar-refractivity contribution in [1.82, 2.24) is 4.90 Å². The highest BCUT2D eigenvalue weighted by Gasteiger charge is 2.28. The summed E-state index contributed by atoms with van der Waals surface area (Å²) in [6, 6.07) is 3.85. The van der Waals surface area contributed by atoms with Crippen LogP contribution in [0.25, 0.3) is 0 Å². The molecule has 0 aromatic rings. The normalized spacial score (nSPS) is 17.1. The minimum absolute atomic E-state index is 0. The van der Waals surface area contributed by atoms with Gasteiger partial charge in [0.2, 0.25) is 0 Å². The number of aliphatic hydroxyl groups is 1. The predicted molar refractivity (Wildman–Crippen MR) is 63.4 cm³/mol. The lowest BCUT2D eigenvalue weighted by molar-refractivity contribution is -0.913. The Labute approximate surface area is 126 Å². The lowest BCUT2D eigenvalue weighted by Gasteiger charge is -2.42. The third-order valence-corrected chi connectivity index (χ3v) is 3.52. The van der Waals surface area contributed by atoms with Crippen molar-refractivity contribution in [3.63, 3.8) is 0 Å². The largest absolute Gasteiger partial charge is 1.00 e. The summed E-state index contributed by atoms with van der Waals surface area (Å²) >= 11 is 0. The quantitative estimate of drug-likeness (QED) is 0.332. The van der Waals surface area contributed by atoms with Crippen LogP contribution in [0.4, 0.5) is 0 Å². The summed E-state index contributed by atoms with van der Waals surface area (Å²) in [6.07, 6.45) is 0. The lowest BCUT2D eigenvalue weighted by Crippen LogP contribution is -3.00. The number of quaternary nitrogens is 1. The molecule has 1 heterocycles. The van der Waals surface area contributed by atoms with Crippen molar-refractivity contribution in [1.29, 1.82) is 10.5 Å². The Morgan fingerprint density at radius 2 is 1.78 bits per heavy atom. The highest BCUT2D eigenvalue weighted by molar-refractivity contribution is 5.38. The van der Waals surface area contributed by atoms with E-state index in [2.05, 4.69) is 11.9 Å². The molecule has 1 aliphatic rings. The van der Waals surface area contributed by atoms with Gasteiger partial charge >= 0.3 is 0 Å². The van der Waals surface area contributed by atoms with Crippen LogP contribution in [0, 0.1) is 22.7 Å². The van der Waals surface area contributed by atoms with Gasteiger partial charge in [0.1, 0.15) is 24.3 Å². The van der Waals surface area contributed by atoms with E-state index in [1.54, 1.807) is 0 Å². The molecule has 0 saturated carbocycles. The van der Waals surface area contributed by atoms with Crippen LogP contribution in [-0.4, -0.2) is 60.9 Å². The smallest absolute Gasteiger partial charge is 0.148 e. The zero-order valence-electron chi connectivity index (χ0n) is 10.9. The number of hydrogen-bond donors (Lipinski definition) is 1. The molecule has 1 aliphatic heterocycles. The number of nitrogens with zero attached hydrogens (tertiary/aromatic N) is 4. The van der Waals surface area contributed by atoms with Crippen molar-refractivity contribution in [2.24, 2.45) is 0 Å². The van der Waals surface area contributed by atoms with Crippen molar-refractivity contribution in [3.05, 3.63) is 11.3 Å². The van der Waals surface area contributed by atoms with E-state index < -0.39 is 0 Å². The van der Waals surface area contributed by atoms with Gasteiger partial charge in [-0.2, -0.15) is 10.5 Å². The number of rotatable bonds is 3. The van der Waals surface area contributed by atoms with Crippen LogP contribution in [0.15, 0.2) is 11.3 Å². The van der Waals surface area contributed by atoms with Crippen LogP contribution in [0.5, 0.6) is 0 Å². The molecule has 0 radical (unpaired) electrons. The van der Waals surface area contributed by atoms with E-state index in [1.165, 1.54) is 0 Å². The van der Waals surface area contributed by atoms with E-state index in [4.69, 9.17) is 15.6 Å². The van der Waals surface area contributed by atoms with E-state index >= 15 is 0 Å². The number of nitriles is 2. The minimum atomic E-state index is 0. The van der Waals surface area contributed by atoms with Gasteiger partial charge in [0.15, 0.2) is 0 Å². The second kappa shape index (κ2) is 7.57. The molecule has 0 amide bonds. The minimum Gasteiger partial charge on any atom is -1.00 e. The van der Waals surface area contributed by atoms with Crippen molar-refractivity contribution < 1.29 is 33.6 Å². The molecule has 100 valence electrons. The summed E-state index contributed by atoms with van der Waals surface area (Å²) in [5, 5.41) is 26.6. The first kappa shape index (κ1) is 17.2. The van der Waals surface area contributed by atoms with Crippen LogP contribution in [-0.2, 0) is 0 Å². The molecular weight excluding hydrogens is 343 g/mol. The zero-order valence-corrected chi connectivity index (χ0v) is 13.0. The molecule has 0 aromatic carbocycles.